The third-order valence-corrected chi connectivity index (χ3v) is 0.513. The van der Waals surface area contributed by atoms with Gasteiger partial charge in [-0.15, -0.1) is 0 Å². The molecule has 0 saturated carbocycles. The standard InChI is InChI=1S/C3H4N4.H2O3S/c4-3-6-1-5-2-7-3;1-4(2)3/h1-2H,(H2,4,5,6,7);(H2,1,2,3). The monoisotopic (exact) mass is 178 g/mol. The molecule has 0 aliphatic carbocycles. The fourth-order valence-electron chi connectivity index (χ4n) is 0.248. The fraction of sp³-hybridized carbons (Fsp3) is 0. The molecule has 0 amide bonds. The third-order valence-electron chi connectivity index (χ3n) is 0.513. The van der Waals surface area contributed by atoms with Crippen molar-refractivity contribution in [2.45, 2.75) is 0 Å². The minimum atomic E-state index is -2.61. The van der Waals surface area contributed by atoms with Gasteiger partial charge in [0.2, 0.25) is 5.95 Å². The van der Waals surface area contributed by atoms with Crippen molar-refractivity contribution in [1.29, 1.82) is 0 Å². The highest BCUT2D eigenvalue weighted by atomic mass is 32.2. The molecule has 1 rings (SSSR count). The van der Waals surface area contributed by atoms with Crippen LogP contribution in [0, 0.1) is 0 Å². The molecule has 0 atom stereocenters. The maximum atomic E-state index is 8.67. The number of nitrogens with two attached hydrogens (primary N) is 1. The summed E-state index contributed by atoms with van der Waals surface area (Å²) in [7, 11) is 0. The first-order chi connectivity index (χ1) is 5.13. The van der Waals surface area contributed by atoms with Crippen molar-refractivity contribution in [3.8, 4) is 0 Å². The maximum absolute atomic E-state index is 8.67. The van der Waals surface area contributed by atoms with E-state index in [9.17, 15) is 0 Å². The Morgan fingerprint density at radius 3 is 1.91 bits per heavy atom. The summed E-state index contributed by atoms with van der Waals surface area (Å²) < 4.78 is 22.8. The van der Waals surface area contributed by atoms with Crippen molar-refractivity contribution < 1.29 is 13.3 Å². The summed E-state index contributed by atoms with van der Waals surface area (Å²) in [6, 6.07) is 0. The van der Waals surface area contributed by atoms with Gasteiger partial charge in [0.05, 0.1) is 0 Å². The lowest BCUT2D eigenvalue weighted by Gasteiger charge is -1.81. The van der Waals surface area contributed by atoms with Crippen LogP contribution in [-0.4, -0.2) is 28.3 Å². The average molecular weight is 178 g/mol. The van der Waals surface area contributed by atoms with Gasteiger partial charge in [-0.2, -0.15) is 4.21 Å². The molecule has 0 saturated heterocycles. The van der Waals surface area contributed by atoms with Gasteiger partial charge in [-0.3, -0.25) is 9.11 Å². The van der Waals surface area contributed by atoms with Crippen LogP contribution in [0.15, 0.2) is 12.7 Å². The first-order valence-electron chi connectivity index (χ1n) is 2.30. The molecule has 0 fully saturated rings. The third kappa shape index (κ3) is 8.88. The fourth-order valence-corrected chi connectivity index (χ4v) is 0.248. The highest BCUT2D eigenvalue weighted by Gasteiger charge is 1.76. The Kier molecular flexibility index (Phi) is 5.07. The number of hydrogen-bond acceptors (Lipinski definition) is 5. The van der Waals surface area contributed by atoms with Crippen LogP contribution in [0.4, 0.5) is 5.95 Å². The molecule has 62 valence electrons. The summed E-state index contributed by atoms with van der Waals surface area (Å²) in [6.07, 6.45) is 2.70. The highest BCUT2D eigenvalue weighted by Crippen LogP contribution is 1.77. The van der Waals surface area contributed by atoms with Gasteiger partial charge in [0.15, 0.2) is 0 Å². The Hall–Kier alpha value is -1.12. The number of nitrogens with zero attached hydrogens (tertiary/aromatic N) is 3. The van der Waals surface area contributed by atoms with Crippen molar-refractivity contribution in [1.82, 2.24) is 15.0 Å². The summed E-state index contributed by atoms with van der Waals surface area (Å²) >= 11 is -2.61. The van der Waals surface area contributed by atoms with Gasteiger partial charge in [0.1, 0.15) is 12.7 Å². The van der Waals surface area contributed by atoms with E-state index in [0.717, 1.165) is 0 Å². The Morgan fingerprint density at radius 2 is 1.73 bits per heavy atom. The van der Waals surface area contributed by atoms with E-state index in [2.05, 4.69) is 15.0 Å². The van der Waals surface area contributed by atoms with E-state index in [1.54, 1.807) is 0 Å². The minimum Gasteiger partial charge on any atom is -0.368 e. The molecule has 0 unspecified atom stereocenters. The maximum Gasteiger partial charge on any atom is 0.299 e. The van der Waals surface area contributed by atoms with Crippen LogP contribution in [0.25, 0.3) is 0 Å². The van der Waals surface area contributed by atoms with Crippen molar-refractivity contribution in [2.75, 3.05) is 5.73 Å². The Morgan fingerprint density at radius 1 is 1.36 bits per heavy atom. The van der Waals surface area contributed by atoms with Crippen LogP contribution in [0.1, 0.15) is 0 Å². The summed E-state index contributed by atoms with van der Waals surface area (Å²) in [6.45, 7) is 0. The van der Waals surface area contributed by atoms with Crippen LogP contribution < -0.4 is 5.73 Å². The molecule has 1 aromatic rings. The van der Waals surface area contributed by atoms with Gasteiger partial charge < -0.3 is 5.73 Å². The van der Waals surface area contributed by atoms with Gasteiger partial charge in [-0.05, 0) is 0 Å². The summed E-state index contributed by atoms with van der Waals surface area (Å²) in [5.41, 5.74) is 5.10. The summed E-state index contributed by atoms with van der Waals surface area (Å²) in [5, 5.41) is 0. The van der Waals surface area contributed by atoms with Crippen molar-refractivity contribution in [3.63, 3.8) is 0 Å². The number of nitrogen functional groups attached to an aromatic ring is 1. The van der Waals surface area contributed by atoms with E-state index < -0.39 is 11.4 Å². The normalized spacial score (nSPS) is 8.64. The van der Waals surface area contributed by atoms with Gasteiger partial charge in [-0.25, -0.2) is 15.0 Å². The molecule has 0 bridgehead atoms. The number of hydrogen-bond donors (Lipinski definition) is 3. The molecule has 1 heterocycles. The predicted molar refractivity (Wildman–Crippen MR) is 37.6 cm³/mol. The summed E-state index contributed by atoms with van der Waals surface area (Å²) in [4.78, 5) is 10.6. The van der Waals surface area contributed by atoms with Crippen molar-refractivity contribution in [3.05, 3.63) is 12.7 Å². The Balaban J connectivity index is 0.000000218. The van der Waals surface area contributed by atoms with Crippen molar-refractivity contribution in [2.24, 2.45) is 0 Å². The second-order valence-electron chi connectivity index (χ2n) is 1.23. The zero-order chi connectivity index (χ0) is 8.69. The van der Waals surface area contributed by atoms with Crippen LogP contribution in [0.2, 0.25) is 0 Å². The molecular weight excluding hydrogens is 172 g/mol. The number of aromatic nitrogens is 3. The van der Waals surface area contributed by atoms with E-state index in [1.165, 1.54) is 12.7 Å². The molecule has 11 heavy (non-hydrogen) atoms. The molecule has 8 heteroatoms. The lowest BCUT2D eigenvalue weighted by Crippen LogP contribution is -1.92. The second kappa shape index (κ2) is 5.65. The first kappa shape index (κ1) is 9.88. The molecule has 1 aromatic heterocycles. The smallest absolute Gasteiger partial charge is 0.299 e. The largest absolute Gasteiger partial charge is 0.368 e. The van der Waals surface area contributed by atoms with Gasteiger partial charge in [-0.1, -0.05) is 0 Å². The van der Waals surface area contributed by atoms with E-state index in [4.69, 9.17) is 19.0 Å². The zero-order valence-corrected chi connectivity index (χ0v) is 6.10. The summed E-state index contributed by atoms with van der Waals surface area (Å²) in [5.74, 6) is 0.259. The molecular formula is C3H6N4O3S. The topological polar surface area (TPSA) is 122 Å². The first-order valence-corrected chi connectivity index (χ1v) is 3.36. The van der Waals surface area contributed by atoms with Crippen LogP contribution in [-0.2, 0) is 11.4 Å². The van der Waals surface area contributed by atoms with E-state index in [0.29, 0.717) is 0 Å². The molecule has 0 spiro atoms. The predicted octanol–water partition coefficient (Wildman–Crippen LogP) is -0.865. The van der Waals surface area contributed by atoms with Gasteiger partial charge in [0, 0.05) is 0 Å². The van der Waals surface area contributed by atoms with Crippen molar-refractivity contribution >= 4 is 17.3 Å². The SMILES string of the molecule is Nc1ncncn1.O=S(O)O. The van der Waals surface area contributed by atoms with E-state index >= 15 is 0 Å². The minimum absolute atomic E-state index is 0.259. The van der Waals surface area contributed by atoms with Crippen LogP contribution in [0.3, 0.4) is 0 Å². The van der Waals surface area contributed by atoms with Gasteiger partial charge >= 0.3 is 0 Å². The molecule has 0 aliphatic heterocycles. The lowest BCUT2D eigenvalue weighted by atomic mass is 11.0. The molecule has 0 radical (unpaired) electrons. The zero-order valence-electron chi connectivity index (χ0n) is 5.28. The van der Waals surface area contributed by atoms with Crippen LogP contribution in [0.5, 0.6) is 0 Å². The quantitative estimate of drug-likeness (QED) is 0.441. The van der Waals surface area contributed by atoms with Gasteiger partial charge in [0.25, 0.3) is 11.4 Å². The lowest BCUT2D eigenvalue weighted by molar-refractivity contribution is 0.454. The Bertz CT molecular complexity index is 213. The number of anilines is 1. The van der Waals surface area contributed by atoms with Crippen LogP contribution >= 0.6 is 0 Å². The molecule has 4 N–H and O–H groups in total. The molecule has 0 aliphatic rings. The van der Waals surface area contributed by atoms with E-state index in [-0.39, 0.29) is 5.95 Å². The number of rotatable bonds is 0. The molecule has 7 nitrogen and oxygen atoms in total. The second-order valence-corrected chi connectivity index (χ2v) is 1.69. The van der Waals surface area contributed by atoms with E-state index in [1.807, 2.05) is 0 Å². The molecule has 0 aromatic carbocycles. The average Bonchev–Trinajstić information content (AvgIpc) is 1.87. The Labute approximate surface area is 64.8 Å². The highest BCUT2D eigenvalue weighted by molar-refractivity contribution is 7.73.